The fourth-order valence-electron chi connectivity index (χ4n) is 3.88. The molecule has 1 atom stereocenters. The van der Waals surface area contributed by atoms with E-state index in [1.165, 1.54) is 10.7 Å². The number of aryl methyl sites for hydroxylation is 1. The maximum Gasteiger partial charge on any atom is 0.314 e. The molecule has 1 unspecified atom stereocenters. The molecule has 2 aromatic rings. The standard InChI is InChI=1S/C23H30N2O3/c1-16-9-14-20(26)25(24-16)15-17-10-12-18(13-11-17)21(23(2,3)4)22(27)28-19-7-5-6-8-19/h9-14,19,21H,5-8,15H2,1-4H3. The predicted molar refractivity (Wildman–Crippen MR) is 109 cm³/mol. The molecule has 1 aliphatic rings. The van der Waals surface area contributed by atoms with Crippen LogP contribution in [0.15, 0.2) is 41.2 Å². The number of nitrogens with zero attached hydrogens (tertiary/aromatic N) is 2. The van der Waals surface area contributed by atoms with Crippen LogP contribution in [0.1, 0.15) is 69.2 Å². The molecule has 0 N–H and O–H groups in total. The number of carbonyl (C=O) groups is 1. The van der Waals surface area contributed by atoms with Gasteiger partial charge in [0.15, 0.2) is 0 Å². The van der Waals surface area contributed by atoms with Crippen LogP contribution in [-0.2, 0) is 16.1 Å². The van der Waals surface area contributed by atoms with E-state index in [9.17, 15) is 9.59 Å². The van der Waals surface area contributed by atoms with Gasteiger partial charge in [0.25, 0.3) is 5.56 Å². The van der Waals surface area contributed by atoms with Crippen LogP contribution >= 0.6 is 0 Å². The molecule has 0 spiro atoms. The van der Waals surface area contributed by atoms with E-state index in [-0.39, 0.29) is 29.0 Å². The van der Waals surface area contributed by atoms with Crippen LogP contribution in [0.3, 0.4) is 0 Å². The molecule has 150 valence electrons. The first kappa shape index (κ1) is 20.3. The van der Waals surface area contributed by atoms with Crippen molar-refractivity contribution in [2.75, 3.05) is 0 Å². The summed E-state index contributed by atoms with van der Waals surface area (Å²) in [6.07, 6.45) is 4.29. The quantitative estimate of drug-likeness (QED) is 0.727. The van der Waals surface area contributed by atoms with Crippen molar-refractivity contribution >= 4 is 5.97 Å². The highest BCUT2D eigenvalue weighted by molar-refractivity contribution is 5.79. The minimum Gasteiger partial charge on any atom is -0.462 e. The average Bonchev–Trinajstić information content (AvgIpc) is 3.11. The lowest BCUT2D eigenvalue weighted by molar-refractivity contribution is -0.153. The van der Waals surface area contributed by atoms with Gasteiger partial charge in [0.05, 0.1) is 18.2 Å². The maximum absolute atomic E-state index is 12.9. The SMILES string of the molecule is Cc1ccc(=O)n(Cc2ccc(C(C(=O)OC3CCCC3)C(C)(C)C)cc2)n1. The zero-order valence-corrected chi connectivity index (χ0v) is 17.3. The lowest BCUT2D eigenvalue weighted by Crippen LogP contribution is -2.30. The van der Waals surface area contributed by atoms with Gasteiger partial charge in [-0.2, -0.15) is 5.10 Å². The molecule has 1 aliphatic carbocycles. The highest BCUT2D eigenvalue weighted by atomic mass is 16.5. The van der Waals surface area contributed by atoms with Crippen LogP contribution in [0.25, 0.3) is 0 Å². The molecule has 0 bridgehead atoms. The van der Waals surface area contributed by atoms with Crippen LogP contribution in [-0.4, -0.2) is 21.9 Å². The van der Waals surface area contributed by atoms with E-state index in [1.807, 2.05) is 31.2 Å². The van der Waals surface area contributed by atoms with Gasteiger partial charge in [0.1, 0.15) is 6.10 Å². The Kier molecular flexibility index (Phi) is 6.01. The number of benzene rings is 1. The van der Waals surface area contributed by atoms with Crippen molar-refractivity contribution in [3.05, 3.63) is 63.6 Å². The third-order valence-corrected chi connectivity index (χ3v) is 5.33. The molecule has 3 rings (SSSR count). The molecule has 0 saturated heterocycles. The summed E-state index contributed by atoms with van der Waals surface area (Å²) in [7, 11) is 0. The normalized spacial score (nSPS) is 16.1. The molecule has 1 heterocycles. The second-order valence-electron chi connectivity index (χ2n) is 8.85. The van der Waals surface area contributed by atoms with E-state index in [2.05, 4.69) is 25.9 Å². The fourth-order valence-corrected chi connectivity index (χ4v) is 3.88. The summed E-state index contributed by atoms with van der Waals surface area (Å²) < 4.78 is 7.27. The van der Waals surface area contributed by atoms with E-state index in [4.69, 9.17) is 4.74 Å². The zero-order chi connectivity index (χ0) is 20.3. The number of hydrogen-bond acceptors (Lipinski definition) is 4. The highest BCUT2D eigenvalue weighted by Crippen LogP contribution is 2.37. The van der Waals surface area contributed by atoms with Gasteiger partial charge in [-0.05, 0) is 55.2 Å². The van der Waals surface area contributed by atoms with Crippen molar-refractivity contribution in [3.8, 4) is 0 Å². The summed E-state index contributed by atoms with van der Waals surface area (Å²) in [5.41, 5.74) is 2.36. The fraction of sp³-hybridized carbons (Fsp3) is 0.522. The number of carbonyl (C=O) groups excluding carboxylic acids is 1. The van der Waals surface area contributed by atoms with Crippen molar-refractivity contribution in [3.63, 3.8) is 0 Å². The van der Waals surface area contributed by atoms with Gasteiger partial charge in [0, 0.05) is 6.07 Å². The summed E-state index contributed by atoms with van der Waals surface area (Å²) >= 11 is 0. The molecular formula is C23H30N2O3. The van der Waals surface area contributed by atoms with Gasteiger partial charge in [-0.3, -0.25) is 9.59 Å². The molecule has 1 saturated carbocycles. The number of rotatable bonds is 5. The number of aromatic nitrogens is 2. The minimum atomic E-state index is -0.318. The van der Waals surface area contributed by atoms with Gasteiger partial charge < -0.3 is 4.74 Å². The molecule has 0 aliphatic heterocycles. The first-order valence-corrected chi connectivity index (χ1v) is 10.1. The van der Waals surface area contributed by atoms with Gasteiger partial charge in [-0.1, -0.05) is 45.0 Å². The largest absolute Gasteiger partial charge is 0.462 e. The summed E-state index contributed by atoms with van der Waals surface area (Å²) in [6.45, 7) is 8.48. The van der Waals surface area contributed by atoms with Crippen LogP contribution in [0.5, 0.6) is 0 Å². The number of hydrogen-bond donors (Lipinski definition) is 0. The molecule has 1 aromatic carbocycles. The Labute approximate surface area is 166 Å². The molecule has 0 radical (unpaired) electrons. The van der Waals surface area contributed by atoms with Crippen molar-refractivity contribution in [1.29, 1.82) is 0 Å². The van der Waals surface area contributed by atoms with Gasteiger partial charge in [-0.15, -0.1) is 0 Å². The summed E-state index contributed by atoms with van der Waals surface area (Å²) in [5, 5.41) is 4.28. The summed E-state index contributed by atoms with van der Waals surface area (Å²) in [4.78, 5) is 24.9. The van der Waals surface area contributed by atoms with Crippen molar-refractivity contribution in [2.24, 2.45) is 5.41 Å². The molecule has 28 heavy (non-hydrogen) atoms. The lowest BCUT2D eigenvalue weighted by Gasteiger charge is -2.30. The lowest BCUT2D eigenvalue weighted by atomic mass is 9.76. The number of esters is 1. The molecule has 5 nitrogen and oxygen atoms in total. The Morgan fingerprint density at radius 3 is 2.39 bits per heavy atom. The van der Waals surface area contributed by atoms with E-state index in [1.54, 1.807) is 6.07 Å². The Morgan fingerprint density at radius 2 is 1.79 bits per heavy atom. The second-order valence-corrected chi connectivity index (χ2v) is 8.85. The number of ether oxygens (including phenoxy) is 1. The third kappa shape index (κ3) is 4.89. The molecule has 1 fully saturated rings. The predicted octanol–water partition coefficient (Wildman–Crippen LogP) is 4.22. The van der Waals surface area contributed by atoms with Crippen molar-refractivity contribution < 1.29 is 9.53 Å². The van der Waals surface area contributed by atoms with Gasteiger partial charge in [-0.25, -0.2) is 4.68 Å². The van der Waals surface area contributed by atoms with E-state index < -0.39 is 0 Å². The second kappa shape index (κ2) is 8.29. The van der Waals surface area contributed by atoms with Gasteiger partial charge in [0.2, 0.25) is 0 Å². The summed E-state index contributed by atoms with van der Waals surface area (Å²) in [6, 6.07) is 11.1. The molecule has 5 heteroatoms. The van der Waals surface area contributed by atoms with Crippen LogP contribution in [0.4, 0.5) is 0 Å². The monoisotopic (exact) mass is 382 g/mol. The molecule has 0 amide bonds. The smallest absolute Gasteiger partial charge is 0.314 e. The van der Waals surface area contributed by atoms with Gasteiger partial charge >= 0.3 is 5.97 Å². The third-order valence-electron chi connectivity index (χ3n) is 5.33. The Morgan fingerprint density at radius 1 is 1.14 bits per heavy atom. The maximum atomic E-state index is 12.9. The molecular weight excluding hydrogens is 352 g/mol. The first-order valence-electron chi connectivity index (χ1n) is 10.1. The topological polar surface area (TPSA) is 61.2 Å². The van der Waals surface area contributed by atoms with Crippen LogP contribution < -0.4 is 5.56 Å². The van der Waals surface area contributed by atoms with Crippen molar-refractivity contribution in [1.82, 2.24) is 9.78 Å². The zero-order valence-electron chi connectivity index (χ0n) is 17.3. The van der Waals surface area contributed by atoms with Crippen LogP contribution in [0, 0.1) is 12.3 Å². The summed E-state index contributed by atoms with van der Waals surface area (Å²) in [5.74, 6) is -0.453. The highest BCUT2D eigenvalue weighted by Gasteiger charge is 2.35. The van der Waals surface area contributed by atoms with Crippen molar-refractivity contribution in [2.45, 2.75) is 71.9 Å². The van der Waals surface area contributed by atoms with E-state index in [0.717, 1.165) is 42.5 Å². The van der Waals surface area contributed by atoms with Crippen LogP contribution in [0.2, 0.25) is 0 Å². The average molecular weight is 383 g/mol. The minimum absolute atomic E-state index is 0.0656. The Balaban J connectivity index is 1.79. The van der Waals surface area contributed by atoms with E-state index >= 15 is 0 Å². The Hall–Kier alpha value is -2.43. The Bertz CT molecular complexity index is 872. The molecule has 1 aromatic heterocycles. The van der Waals surface area contributed by atoms with E-state index in [0.29, 0.717) is 6.54 Å². The first-order chi connectivity index (χ1) is 13.2.